The van der Waals surface area contributed by atoms with Crippen LogP contribution < -0.4 is 15.4 Å². The molecular weight excluding hydrogens is 510 g/mol. The molecule has 0 fully saturated rings. The van der Waals surface area contributed by atoms with Gasteiger partial charge in [0.15, 0.2) is 0 Å². The topological polar surface area (TPSA) is 128 Å². The molecule has 0 aliphatic heterocycles. The number of amides is 3. The zero-order valence-electron chi connectivity index (χ0n) is 22.7. The highest BCUT2D eigenvalue weighted by atomic mass is 16.5. The van der Waals surface area contributed by atoms with Crippen LogP contribution in [0, 0.1) is 0 Å². The van der Waals surface area contributed by atoms with Gasteiger partial charge in [-0.25, -0.2) is 4.79 Å². The largest absolute Gasteiger partial charge is 0.508 e. The summed E-state index contributed by atoms with van der Waals surface area (Å²) < 4.78 is 5.81. The average Bonchev–Trinajstić information content (AvgIpc) is 2.95. The van der Waals surface area contributed by atoms with E-state index < -0.39 is 24.6 Å². The van der Waals surface area contributed by atoms with Crippen LogP contribution in [-0.2, 0) is 29.2 Å². The number of carbonyl (C=O) groups is 3. The SMILES string of the molecule is CCCCCNC(=O)[C@H](Cc1ccc(O)cc1)NC(=O)N(CC(=O)O)Cc1ccc(OCc2ccccc2)cc1. The number of urea groups is 1. The van der Waals surface area contributed by atoms with Gasteiger partial charge in [-0.2, -0.15) is 0 Å². The Morgan fingerprint density at radius 2 is 1.55 bits per heavy atom. The first-order chi connectivity index (χ1) is 19.3. The van der Waals surface area contributed by atoms with Crippen LogP contribution in [0.25, 0.3) is 0 Å². The van der Waals surface area contributed by atoms with Crippen molar-refractivity contribution in [3.8, 4) is 11.5 Å². The minimum Gasteiger partial charge on any atom is -0.508 e. The minimum atomic E-state index is -1.17. The summed E-state index contributed by atoms with van der Waals surface area (Å²) in [5, 5.41) is 24.6. The number of aliphatic carboxylic acids is 1. The van der Waals surface area contributed by atoms with Gasteiger partial charge in [0.05, 0.1) is 0 Å². The molecule has 4 N–H and O–H groups in total. The molecule has 3 amide bonds. The van der Waals surface area contributed by atoms with Crippen LogP contribution in [0.15, 0.2) is 78.9 Å². The highest BCUT2D eigenvalue weighted by Gasteiger charge is 2.25. The number of hydrogen-bond acceptors (Lipinski definition) is 5. The predicted octanol–water partition coefficient (Wildman–Crippen LogP) is 4.49. The zero-order valence-corrected chi connectivity index (χ0v) is 22.7. The van der Waals surface area contributed by atoms with E-state index in [9.17, 15) is 24.6 Å². The lowest BCUT2D eigenvalue weighted by Crippen LogP contribution is -2.53. The molecule has 0 saturated heterocycles. The van der Waals surface area contributed by atoms with Gasteiger partial charge >= 0.3 is 12.0 Å². The van der Waals surface area contributed by atoms with Crippen LogP contribution in [0.3, 0.4) is 0 Å². The fourth-order valence-electron chi connectivity index (χ4n) is 4.04. The van der Waals surface area contributed by atoms with Crippen molar-refractivity contribution in [3.63, 3.8) is 0 Å². The Bertz CT molecular complexity index is 1220. The van der Waals surface area contributed by atoms with Crippen molar-refractivity contribution in [2.24, 2.45) is 0 Å². The molecule has 0 radical (unpaired) electrons. The van der Waals surface area contributed by atoms with Crippen molar-refractivity contribution in [1.29, 1.82) is 0 Å². The summed E-state index contributed by atoms with van der Waals surface area (Å²) in [6, 6.07) is 21.6. The second kappa shape index (κ2) is 15.8. The zero-order chi connectivity index (χ0) is 28.7. The summed E-state index contributed by atoms with van der Waals surface area (Å²) in [6.45, 7) is 2.45. The molecule has 0 heterocycles. The number of hydrogen-bond donors (Lipinski definition) is 4. The number of unbranched alkanes of at least 4 members (excludes halogenated alkanes) is 2. The monoisotopic (exact) mass is 547 g/mol. The number of phenols is 1. The summed E-state index contributed by atoms with van der Waals surface area (Å²) in [6.07, 6.45) is 2.98. The summed E-state index contributed by atoms with van der Waals surface area (Å²) in [7, 11) is 0. The van der Waals surface area contributed by atoms with Gasteiger partial charge < -0.3 is 30.5 Å². The number of rotatable bonds is 15. The number of nitrogens with zero attached hydrogens (tertiary/aromatic N) is 1. The van der Waals surface area contributed by atoms with E-state index >= 15 is 0 Å². The normalized spacial score (nSPS) is 11.3. The number of phenolic OH excluding ortho intramolecular Hbond substituents is 1. The molecule has 3 aromatic rings. The molecule has 0 aromatic heterocycles. The number of ether oxygens (including phenoxy) is 1. The fourth-order valence-corrected chi connectivity index (χ4v) is 4.04. The van der Waals surface area contributed by atoms with Gasteiger partial charge in [0, 0.05) is 19.5 Å². The molecule has 3 aromatic carbocycles. The highest BCUT2D eigenvalue weighted by molar-refractivity contribution is 5.88. The standard InChI is InChI=1S/C31H37N3O6/c1-2-3-7-18-32-30(38)28(19-23-10-14-26(35)15-11-23)33-31(39)34(21-29(36)37)20-24-12-16-27(17-13-24)40-22-25-8-5-4-6-9-25/h4-6,8-17,28,35H,2-3,7,18-22H2,1H3,(H,32,38)(H,33,39)(H,36,37)/t28-/m0/s1. The first-order valence-electron chi connectivity index (χ1n) is 13.4. The average molecular weight is 548 g/mol. The molecule has 9 nitrogen and oxygen atoms in total. The van der Waals surface area contributed by atoms with Crippen molar-refractivity contribution in [1.82, 2.24) is 15.5 Å². The van der Waals surface area contributed by atoms with Gasteiger partial charge in [0.1, 0.15) is 30.7 Å². The smallest absolute Gasteiger partial charge is 0.323 e. The number of nitrogens with one attached hydrogen (secondary N) is 2. The number of benzene rings is 3. The maximum Gasteiger partial charge on any atom is 0.323 e. The number of carboxylic acids is 1. The number of carboxylic acid groups (broad SMARTS) is 1. The Hall–Kier alpha value is -4.53. The van der Waals surface area contributed by atoms with Crippen molar-refractivity contribution < 1.29 is 29.3 Å². The molecule has 0 spiro atoms. The van der Waals surface area contributed by atoms with Gasteiger partial charge in [0.2, 0.25) is 5.91 Å². The van der Waals surface area contributed by atoms with E-state index in [1.807, 2.05) is 30.3 Å². The Morgan fingerprint density at radius 3 is 2.20 bits per heavy atom. The van der Waals surface area contributed by atoms with Crippen LogP contribution in [0.4, 0.5) is 4.79 Å². The molecule has 3 rings (SSSR count). The Balaban J connectivity index is 1.67. The predicted molar refractivity (Wildman–Crippen MR) is 152 cm³/mol. The third kappa shape index (κ3) is 10.3. The second-order valence-electron chi connectivity index (χ2n) is 9.54. The minimum absolute atomic E-state index is 0.0289. The molecule has 212 valence electrons. The van der Waals surface area contributed by atoms with Gasteiger partial charge in [-0.15, -0.1) is 0 Å². The van der Waals surface area contributed by atoms with E-state index in [2.05, 4.69) is 17.6 Å². The summed E-state index contributed by atoms with van der Waals surface area (Å²) >= 11 is 0. The first kappa shape index (κ1) is 30.0. The van der Waals surface area contributed by atoms with Crippen LogP contribution >= 0.6 is 0 Å². The van der Waals surface area contributed by atoms with Crippen molar-refractivity contribution >= 4 is 17.9 Å². The quantitative estimate of drug-likeness (QED) is 0.208. The molecule has 0 unspecified atom stereocenters. The van der Waals surface area contributed by atoms with Crippen molar-refractivity contribution in [2.75, 3.05) is 13.1 Å². The van der Waals surface area contributed by atoms with Gasteiger partial charge in [0.25, 0.3) is 0 Å². The summed E-state index contributed by atoms with van der Waals surface area (Å²) in [4.78, 5) is 39.0. The third-order valence-electron chi connectivity index (χ3n) is 6.23. The van der Waals surface area contributed by atoms with Crippen LogP contribution in [0.2, 0.25) is 0 Å². The van der Waals surface area contributed by atoms with E-state index in [-0.39, 0.29) is 24.6 Å². The summed E-state index contributed by atoms with van der Waals surface area (Å²) in [5.74, 6) is -0.780. The van der Waals surface area contributed by atoms with E-state index in [4.69, 9.17) is 4.74 Å². The Kier molecular flexibility index (Phi) is 11.8. The van der Waals surface area contributed by atoms with Gasteiger partial charge in [-0.1, -0.05) is 74.4 Å². The van der Waals surface area contributed by atoms with Crippen molar-refractivity contribution in [3.05, 3.63) is 95.6 Å². The number of carbonyl (C=O) groups excluding carboxylic acids is 2. The van der Waals surface area contributed by atoms with E-state index in [1.54, 1.807) is 36.4 Å². The maximum absolute atomic E-state index is 13.3. The molecule has 0 bridgehead atoms. The maximum atomic E-state index is 13.3. The molecule has 40 heavy (non-hydrogen) atoms. The Labute approximate surface area is 234 Å². The second-order valence-corrected chi connectivity index (χ2v) is 9.54. The third-order valence-corrected chi connectivity index (χ3v) is 6.23. The molecule has 0 aliphatic carbocycles. The molecule has 0 aliphatic rings. The van der Waals surface area contributed by atoms with E-state index in [0.29, 0.717) is 24.5 Å². The molecular formula is C31H37N3O6. The van der Waals surface area contributed by atoms with E-state index in [0.717, 1.165) is 35.3 Å². The van der Waals surface area contributed by atoms with Crippen LogP contribution in [0.5, 0.6) is 11.5 Å². The van der Waals surface area contributed by atoms with Gasteiger partial charge in [-0.05, 0) is 47.4 Å². The highest BCUT2D eigenvalue weighted by Crippen LogP contribution is 2.16. The van der Waals surface area contributed by atoms with Crippen LogP contribution in [-0.4, -0.2) is 52.2 Å². The molecule has 0 saturated carbocycles. The lowest BCUT2D eigenvalue weighted by Gasteiger charge is -2.25. The Morgan fingerprint density at radius 1 is 0.875 bits per heavy atom. The fraction of sp³-hybridized carbons (Fsp3) is 0.323. The van der Waals surface area contributed by atoms with Crippen LogP contribution in [0.1, 0.15) is 42.9 Å². The van der Waals surface area contributed by atoms with E-state index in [1.165, 1.54) is 12.1 Å². The van der Waals surface area contributed by atoms with Gasteiger partial charge in [-0.3, -0.25) is 9.59 Å². The lowest BCUT2D eigenvalue weighted by molar-refractivity contribution is -0.137. The summed E-state index contributed by atoms with van der Waals surface area (Å²) in [5.41, 5.74) is 2.48. The molecule has 9 heteroatoms. The van der Waals surface area contributed by atoms with Crippen molar-refractivity contribution in [2.45, 2.75) is 51.8 Å². The lowest BCUT2D eigenvalue weighted by atomic mass is 10.0. The first-order valence-corrected chi connectivity index (χ1v) is 13.4. The number of aromatic hydroxyl groups is 1. The molecule has 1 atom stereocenters.